The van der Waals surface area contributed by atoms with Gasteiger partial charge in [-0.1, -0.05) is 25.5 Å². The highest BCUT2D eigenvalue weighted by atomic mass is 16.5. The van der Waals surface area contributed by atoms with Gasteiger partial charge in [0, 0.05) is 12.1 Å². The molecule has 8 heteroatoms. The lowest BCUT2D eigenvalue weighted by Crippen LogP contribution is -2.31. The number of esters is 1. The fraction of sp³-hybridized carbons (Fsp3) is 0.360. The van der Waals surface area contributed by atoms with Gasteiger partial charge in [-0.2, -0.15) is 0 Å². The Balaban J connectivity index is 1.31. The molecule has 8 nitrogen and oxygen atoms in total. The fourth-order valence-corrected chi connectivity index (χ4v) is 3.34. The minimum absolute atomic E-state index is 0.141. The zero-order chi connectivity index (χ0) is 23.6. The third-order valence-corrected chi connectivity index (χ3v) is 5.19. The van der Waals surface area contributed by atoms with E-state index in [9.17, 15) is 19.2 Å². The quantitative estimate of drug-likeness (QED) is 0.301. The number of nitrogens with zero attached hydrogens (tertiary/aromatic N) is 1. The van der Waals surface area contributed by atoms with E-state index in [0.717, 1.165) is 12.8 Å². The van der Waals surface area contributed by atoms with Gasteiger partial charge in [0.1, 0.15) is 12.3 Å². The van der Waals surface area contributed by atoms with Crippen LogP contribution in [0.1, 0.15) is 63.7 Å². The molecule has 1 heterocycles. The summed E-state index contributed by atoms with van der Waals surface area (Å²) in [5.74, 6) is -0.825. The van der Waals surface area contributed by atoms with E-state index >= 15 is 0 Å². The second kappa shape index (κ2) is 11.8. The molecule has 0 unspecified atom stereocenters. The zero-order valence-corrected chi connectivity index (χ0v) is 18.7. The van der Waals surface area contributed by atoms with Crippen molar-refractivity contribution in [3.63, 3.8) is 0 Å². The van der Waals surface area contributed by atoms with E-state index in [1.54, 1.807) is 48.5 Å². The van der Waals surface area contributed by atoms with Crippen molar-refractivity contribution < 1.29 is 28.7 Å². The predicted octanol–water partition coefficient (Wildman–Crippen LogP) is 3.21. The molecule has 0 saturated heterocycles. The van der Waals surface area contributed by atoms with Gasteiger partial charge < -0.3 is 14.8 Å². The van der Waals surface area contributed by atoms with E-state index in [1.807, 2.05) is 0 Å². The van der Waals surface area contributed by atoms with Crippen LogP contribution in [0.2, 0.25) is 0 Å². The van der Waals surface area contributed by atoms with Crippen LogP contribution >= 0.6 is 0 Å². The molecule has 0 spiro atoms. The molecule has 0 radical (unpaired) electrons. The highest BCUT2D eigenvalue weighted by Crippen LogP contribution is 2.22. The van der Waals surface area contributed by atoms with Crippen molar-refractivity contribution in [3.05, 3.63) is 65.2 Å². The molecule has 33 heavy (non-hydrogen) atoms. The van der Waals surface area contributed by atoms with Crippen LogP contribution in [0.5, 0.6) is 5.75 Å². The summed E-state index contributed by atoms with van der Waals surface area (Å²) < 4.78 is 10.7. The van der Waals surface area contributed by atoms with Gasteiger partial charge in [0.15, 0.2) is 0 Å². The average molecular weight is 453 g/mol. The Kier molecular flexibility index (Phi) is 8.57. The van der Waals surface area contributed by atoms with Gasteiger partial charge in [0.25, 0.3) is 17.7 Å². The third kappa shape index (κ3) is 6.41. The molecular formula is C25H28N2O6. The smallest absolute Gasteiger partial charge is 0.325 e. The van der Waals surface area contributed by atoms with Crippen LogP contribution in [-0.2, 0) is 9.53 Å². The lowest BCUT2D eigenvalue weighted by Gasteiger charge is -2.13. The number of imide groups is 1. The molecule has 0 atom stereocenters. The Labute approximate surface area is 192 Å². The zero-order valence-electron chi connectivity index (χ0n) is 18.7. The lowest BCUT2D eigenvalue weighted by molar-refractivity contribution is -0.142. The van der Waals surface area contributed by atoms with Crippen molar-refractivity contribution in [2.45, 2.75) is 32.6 Å². The van der Waals surface area contributed by atoms with Gasteiger partial charge in [0.2, 0.25) is 0 Å². The third-order valence-electron chi connectivity index (χ3n) is 5.19. The number of hydrogen-bond acceptors (Lipinski definition) is 6. The van der Waals surface area contributed by atoms with E-state index in [2.05, 4.69) is 12.2 Å². The SMILES string of the molecule is CCCCOc1ccc(C(=O)NCC(=O)OCCCCN2C(=O)c3ccccc3C2=O)cc1. The first-order valence-electron chi connectivity index (χ1n) is 11.1. The maximum atomic E-state index is 12.3. The van der Waals surface area contributed by atoms with Crippen LogP contribution in [0, 0.1) is 0 Å². The van der Waals surface area contributed by atoms with Crippen molar-refractivity contribution in [1.82, 2.24) is 10.2 Å². The second-order valence-corrected chi connectivity index (χ2v) is 7.64. The number of carbonyl (C=O) groups is 4. The van der Waals surface area contributed by atoms with Crippen LogP contribution in [0.25, 0.3) is 0 Å². The van der Waals surface area contributed by atoms with Crippen LogP contribution in [0.15, 0.2) is 48.5 Å². The monoisotopic (exact) mass is 452 g/mol. The van der Waals surface area contributed by atoms with E-state index in [4.69, 9.17) is 9.47 Å². The first-order chi connectivity index (χ1) is 16.0. The minimum Gasteiger partial charge on any atom is -0.494 e. The number of unbranched alkanes of at least 4 members (excludes halogenated alkanes) is 2. The van der Waals surface area contributed by atoms with Gasteiger partial charge in [-0.3, -0.25) is 24.1 Å². The molecule has 0 saturated carbocycles. The fourth-order valence-electron chi connectivity index (χ4n) is 3.34. The van der Waals surface area contributed by atoms with Crippen molar-refractivity contribution in [1.29, 1.82) is 0 Å². The van der Waals surface area contributed by atoms with Crippen molar-refractivity contribution in [2.75, 3.05) is 26.3 Å². The molecule has 3 rings (SSSR count). The van der Waals surface area contributed by atoms with Crippen molar-refractivity contribution in [2.24, 2.45) is 0 Å². The van der Waals surface area contributed by atoms with Crippen LogP contribution in [0.3, 0.4) is 0 Å². The van der Waals surface area contributed by atoms with Gasteiger partial charge in [0.05, 0.1) is 24.3 Å². The van der Waals surface area contributed by atoms with Crippen molar-refractivity contribution in [3.8, 4) is 5.75 Å². The summed E-state index contributed by atoms with van der Waals surface area (Å²) in [5.41, 5.74) is 1.26. The normalized spacial score (nSPS) is 12.5. The Morgan fingerprint density at radius 1 is 0.879 bits per heavy atom. The number of hydrogen-bond donors (Lipinski definition) is 1. The average Bonchev–Trinajstić information content (AvgIpc) is 3.08. The van der Waals surface area contributed by atoms with Gasteiger partial charge >= 0.3 is 5.97 Å². The van der Waals surface area contributed by atoms with E-state index in [-0.39, 0.29) is 37.4 Å². The molecule has 2 aromatic rings. The summed E-state index contributed by atoms with van der Waals surface area (Å²) in [6.45, 7) is 2.87. The molecule has 174 valence electrons. The maximum absolute atomic E-state index is 12.3. The van der Waals surface area contributed by atoms with Crippen LogP contribution in [-0.4, -0.2) is 54.9 Å². The first-order valence-corrected chi connectivity index (χ1v) is 11.1. The number of ether oxygens (including phenoxy) is 2. The van der Waals surface area contributed by atoms with E-state index in [1.165, 1.54) is 4.90 Å². The number of nitrogens with one attached hydrogen (secondary N) is 1. The van der Waals surface area contributed by atoms with Gasteiger partial charge in [-0.25, -0.2) is 0 Å². The standard InChI is InChI=1S/C25H28N2O6/c1-2-3-15-32-19-12-10-18(11-13-19)23(29)26-17-22(28)33-16-7-6-14-27-24(30)20-8-4-5-9-21(20)25(27)31/h4-5,8-13H,2-3,6-7,14-17H2,1H3,(H,26,29). The summed E-state index contributed by atoms with van der Waals surface area (Å²) in [6, 6.07) is 13.5. The van der Waals surface area contributed by atoms with Crippen LogP contribution < -0.4 is 10.1 Å². The van der Waals surface area contributed by atoms with Gasteiger partial charge in [-0.05, 0) is 55.7 Å². The Morgan fingerprint density at radius 2 is 1.55 bits per heavy atom. The Hall–Kier alpha value is -3.68. The van der Waals surface area contributed by atoms with Crippen molar-refractivity contribution >= 4 is 23.7 Å². The molecular weight excluding hydrogens is 424 g/mol. The molecule has 0 fully saturated rings. The molecule has 1 N–H and O–H groups in total. The second-order valence-electron chi connectivity index (χ2n) is 7.64. The summed E-state index contributed by atoms with van der Waals surface area (Å²) in [7, 11) is 0. The molecule has 2 aromatic carbocycles. The first kappa shape index (κ1) is 24.0. The van der Waals surface area contributed by atoms with E-state index in [0.29, 0.717) is 41.9 Å². The molecule has 0 bridgehead atoms. The number of rotatable bonds is 12. The minimum atomic E-state index is -0.552. The summed E-state index contributed by atoms with van der Waals surface area (Å²) in [4.78, 5) is 49.9. The number of fused-ring (bicyclic) bond motifs is 1. The molecule has 0 aliphatic carbocycles. The Bertz CT molecular complexity index is 967. The molecule has 3 amide bonds. The maximum Gasteiger partial charge on any atom is 0.325 e. The number of carbonyl (C=O) groups excluding carboxylic acids is 4. The Morgan fingerprint density at radius 3 is 2.18 bits per heavy atom. The largest absolute Gasteiger partial charge is 0.494 e. The molecule has 0 aromatic heterocycles. The summed E-state index contributed by atoms with van der Waals surface area (Å²) in [6.07, 6.45) is 3.01. The lowest BCUT2D eigenvalue weighted by atomic mass is 10.1. The van der Waals surface area contributed by atoms with Gasteiger partial charge in [-0.15, -0.1) is 0 Å². The number of amides is 3. The molecule has 1 aliphatic heterocycles. The topological polar surface area (TPSA) is 102 Å². The van der Waals surface area contributed by atoms with Crippen LogP contribution in [0.4, 0.5) is 0 Å². The summed E-state index contributed by atoms with van der Waals surface area (Å²) >= 11 is 0. The summed E-state index contributed by atoms with van der Waals surface area (Å²) in [5, 5.41) is 2.53. The number of benzene rings is 2. The highest BCUT2D eigenvalue weighted by molar-refractivity contribution is 6.21. The van der Waals surface area contributed by atoms with E-state index < -0.39 is 5.97 Å². The highest BCUT2D eigenvalue weighted by Gasteiger charge is 2.34. The predicted molar refractivity (Wildman–Crippen MR) is 121 cm³/mol. The molecule has 1 aliphatic rings.